The standard InChI is InChI=1S/C18H23NO/c1-13-11-12-20-18(13)17(19)16-9-7-15(8-10-16)14-5-3-2-4-6-14/h7-12,14,17H,2-6,19H2,1H3. The maximum atomic E-state index is 6.30. The van der Waals surface area contributed by atoms with Crippen LogP contribution < -0.4 is 5.73 Å². The summed E-state index contributed by atoms with van der Waals surface area (Å²) in [5.74, 6) is 1.62. The van der Waals surface area contributed by atoms with Gasteiger partial charge in [0.15, 0.2) is 0 Å². The lowest BCUT2D eigenvalue weighted by Crippen LogP contribution is -2.12. The minimum atomic E-state index is -0.162. The fourth-order valence-electron chi connectivity index (χ4n) is 3.27. The number of hydrogen-bond donors (Lipinski definition) is 1. The number of rotatable bonds is 3. The molecule has 1 atom stereocenters. The molecule has 1 fully saturated rings. The molecule has 0 bridgehead atoms. The molecule has 1 aliphatic rings. The molecule has 3 rings (SSSR count). The van der Waals surface area contributed by atoms with Gasteiger partial charge in [-0.3, -0.25) is 0 Å². The summed E-state index contributed by atoms with van der Waals surface area (Å²) < 4.78 is 5.50. The van der Waals surface area contributed by atoms with E-state index in [9.17, 15) is 0 Å². The molecule has 1 unspecified atom stereocenters. The van der Waals surface area contributed by atoms with E-state index in [1.807, 2.05) is 13.0 Å². The summed E-state index contributed by atoms with van der Waals surface area (Å²) in [6.07, 6.45) is 8.53. The van der Waals surface area contributed by atoms with Crippen LogP contribution in [0.5, 0.6) is 0 Å². The van der Waals surface area contributed by atoms with Crippen LogP contribution in [0.25, 0.3) is 0 Å². The fourth-order valence-corrected chi connectivity index (χ4v) is 3.27. The van der Waals surface area contributed by atoms with Gasteiger partial charge in [-0.25, -0.2) is 0 Å². The predicted molar refractivity (Wildman–Crippen MR) is 81.7 cm³/mol. The summed E-state index contributed by atoms with van der Waals surface area (Å²) in [4.78, 5) is 0. The minimum Gasteiger partial charge on any atom is -0.467 e. The normalized spacial score (nSPS) is 18.1. The van der Waals surface area contributed by atoms with Crippen molar-refractivity contribution >= 4 is 0 Å². The maximum absolute atomic E-state index is 6.30. The number of furan rings is 1. The molecule has 2 nitrogen and oxygen atoms in total. The van der Waals surface area contributed by atoms with Crippen molar-refractivity contribution in [1.29, 1.82) is 0 Å². The largest absolute Gasteiger partial charge is 0.467 e. The van der Waals surface area contributed by atoms with Crippen molar-refractivity contribution in [1.82, 2.24) is 0 Å². The van der Waals surface area contributed by atoms with Crippen molar-refractivity contribution in [2.45, 2.75) is 51.0 Å². The number of aryl methyl sites for hydroxylation is 1. The highest BCUT2D eigenvalue weighted by atomic mass is 16.3. The van der Waals surface area contributed by atoms with E-state index in [0.717, 1.165) is 22.8 Å². The first kappa shape index (κ1) is 13.4. The van der Waals surface area contributed by atoms with Crippen LogP contribution in [-0.4, -0.2) is 0 Å². The molecule has 1 aromatic carbocycles. The molecule has 1 saturated carbocycles. The molecular weight excluding hydrogens is 246 g/mol. The van der Waals surface area contributed by atoms with Gasteiger partial charge >= 0.3 is 0 Å². The third-order valence-corrected chi connectivity index (χ3v) is 4.56. The molecule has 0 radical (unpaired) electrons. The lowest BCUT2D eigenvalue weighted by Gasteiger charge is -2.22. The minimum absolute atomic E-state index is 0.162. The van der Waals surface area contributed by atoms with E-state index in [4.69, 9.17) is 10.2 Å². The summed E-state index contributed by atoms with van der Waals surface area (Å²) in [5.41, 5.74) is 10.0. The average molecular weight is 269 g/mol. The van der Waals surface area contributed by atoms with Gasteiger partial charge in [0.2, 0.25) is 0 Å². The zero-order valence-corrected chi connectivity index (χ0v) is 12.1. The van der Waals surface area contributed by atoms with Crippen LogP contribution in [0.4, 0.5) is 0 Å². The maximum Gasteiger partial charge on any atom is 0.127 e. The quantitative estimate of drug-likeness (QED) is 0.878. The number of hydrogen-bond acceptors (Lipinski definition) is 2. The zero-order valence-electron chi connectivity index (χ0n) is 12.1. The second-order valence-corrected chi connectivity index (χ2v) is 5.95. The van der Waals surface area contributed by atoms with Crippen molar-refractivity contribution in [2.24, 2.45) is 5.73 Å². The van der Waals surface area contributed by atoms with E-state index in [0.29, 0.717) is 0 Å². The summed E-state index contributed by atoms with van der Waals surface area (Å²) in [6, 6.07) is 10.6. The first-order chi connectivity index (χ1) is 9.75. The van der Waals surface area contributed by atoms with Gasteiger partial charge in [0.1, 0.15) is 5.76 Å². The molecule has 20 heavy (non-hydrogen) atoms. The third-order valence-electron chi connectivity index (χ3n) is 4.56. The molecule has 0 amide bonds. The van der Waals surface area contributed by atoms with E-state index in [1.54, 1.807) is 6.26 Å². The van der Waals surface area contributed by atoms with E-state index in [-0.39, 0.29) is 6.04 Å². The smallest absolute Gasteiger partial charge is 0.127 e. The molecule has 2 heteroatoms. The predicted octanol–water partition coefficient (Wildman–Crippen LogP) is 4.68. The summed E-state index contributed by atoms with van der Waals surface area (Å²) in [6.45, 7) is 2.04. The van der Waals surface area contributed by atoms with E-state index < -0.39 is 0 Å². The van der Waals surface area contributed by atoms with Gasteiger partial charge in [-0.05, 0) is 48.4 Å². The highest BCUT2D eigenvalue weighted by Gasteiger charge is 2.17. The van der Waals surface area contributed by atoms with Crippen molar-refractivity contribution in [3.8, 4) is 0 Å². The van der Waals surface area contributed by atoms with Gasteiger partial charge in [-0.1, -0.05) is 43.5 Å². The van der Waals surface area contributed by atoms with Gasteiger partial charge in [-0.2, -0.15) is 0 Å². The fraction of sp³-hybridized carbons (Fsp3) is 0.444. The zero-order chi connectivity index (χ0) is 13.9. The highest BCUT2D eigenvalue weighted by Crippen LogP contribution is 2.33. The number of nitrogens with two attached hydrogens (primary N) is 1. The Bertz CT molecular complexity index is 549. The van der Waals surface area contributed by atoms with Crippen molar-refractivity contribution in [3.05, 3.63) is 59.0 Å². The Morgan fingerprint density at radius 1 is 1.05 bits per heavy atom. The Morgan fingerprint density at radius 2 is 1.75 bits per heavy atom. The Morgan fingerprint density at radius 3 is 2.35 bits per heavy atom. The average Bonchev–Trinajstić information content (AvgIpc) is 2.94. The van der Waals surface area contributed by atoms with Gasteiger partial charge in [0, 0.05) is 0 Å². The summed E-state index contributed by atoms with van der Waals surface area (Å²) in [7, 11) is 0. The van der Waals surface area contributed by atoms with Crippen LogP contribution in [0.1, 0.15) is 66.5 Å². The Balaban J connectivity index is 1.77. The van der Waals surface area contributed by atoms with E-state index in [1.165, 1.54) is 37.7 Å². The van der Waals surface area contributed by atoms with Crippen molar-refractivity contribution in [3.63, 3.8) is 0 Å². The second-order valence-electron chi connectivity index (χ2n) is 5.95. The Hall–Kier alpha value is -1.54. The van der Waals surface area contributed by atoms with Crippen molar-refractivity contribution in [2.75, 3.05) is 0 Å². The molecule has 1 aliphatic carbocycles. The molecule has 1 heterocycles. The molecule has 106 valence electrons. The monoisotopic (exact) mass is 269 g/mol. The molecule has 0 aliphatic heterocycles. The molecule has 1 aromatic heterocycles. The van der Waals surface area contributed by atoms with Gasteiger partial charge < -0.3 is 10.2 Å². The summed E-state index contributed by atoms with van der Waals surface area (Å²) >= 11 is 0. The van der Waals surface area contributed by atoms with E-state index in [2.05, 4.69) is 24.3 Å². The topological polar surface area (TPSA) is 39.2 Å². The number of benzene rings is 1. The first-order valence-electron chi connectivity index (χ1n) is 7.65. The SMILES string of the molecule is Cc1ccoc1C(N)c1ccc(C2CCCCC2)cc1. The molecule has 0 saturated heterocycles. The van der Waals surface area contributed by atoms with Crippen LogP contribution in [0, 0.1) is 6.92 Å². The van der Waals surface area contributed by atoms with Crippen molar-refractivity contribution < 1.29 is 4.42 Å². The second kappa shape index (κ2) is 5.84. The van der Waals surface area contributed by atoms with Crippen LogP contribution in [0.15, 0.2) is 41.0 Å². The van der Waals surface area contributed by atoms with E-state index >= 15 is 0 Å². The molecule has 2 N–H and O–H groups in total. The third kappa shape index (κ3) is 2.66. The lowest BCUT2D eigenvalue weighted by molar-refractivity contribution is 0.443. The van der Waals surface area contributed by atoms with Gasteiger partial charge in [0.25, 0.3) is 0 Å². The molecule has 2 aromatic rings. The van der Waals surface area contributed by atoms with Gasteiger partial charge in [0.05, 0.1) is 12.3 Å². The molecule has 0 spiro atoms. The Labute approximate surface area is 121 Å². The van der Waals surface area contributed by atoms with Crippen LogP contribution >= 0.6 is 0 Å². The molecular formula is C18H23NO. The Kier molecular flexibility index (Phi) is 3.93. The lowest BCUT2D eigenvalue weighted by atomic mass is 9.83. The van der Waals surface area contributed by atoms with Gasteiger partial charge in [-0.15, -0.1) is 0 Å². The van der Waals surface area contributed by atoms with Crippen LogP contribution in [0.2, 0.25) is 0 Å². The highest BCUT2D eigenvalue weighted by molar-refractivity contribution is 5.33. The summed E-state index contributed by atoms with van der Waals surface area (Å²) in [5, 5.41) is 0. The van der Waals surface area contributed by atoms with Crippen LogP contribution in [-0.2, 0) is 0 Å². The first-order valence-corrected chi connectivity index (χ1v) is 7.65. The van der Waals surface area contributed by atoms with Crippen LogP contribution in [0.3, 0.4) is 0 Å².